The third-order valence-corrected chi connectivity index (χ3v) is 1.11. The van der Waals surface area contributed by atoms with Gasteiger partial charge in [-0.05, 0) is 64.2 Å². The van der Waals surface area contributed by atoms with Gasteiger partial charge in [-0.3, -0.25) is 0 Å². The first kappa shape index (κ1) is 11.5. The zero-order valence-electron chi connectivity index (χ0n) is 6.11. The monoisotopic (exact) mass is 189 g/mol. The molecule has 0 nitrogen and oxygen atoms in total. The van der Waals surface area contributed by atoms with Gasteiger partial charge < -0.3 is 0 Å². The van der Waals surface area contributed by atoms with Crippen LogP contribution in [0.3, 0.4) is 0 Å². The minimum absolute atomic E-state index is 0. The van der Waals surface area contributed by atoms with E-state index in [0.29, 0.717) is 0 Å². The molecule has 0 atom stereocenters. The summed E-state index contributed by atoms with van der Waals surface area (Å²) in [6.07, 6.45) is 20.0. The van der Waals surface area contributed by atoms with Gasteiger partial charge in [0.1, 0.15) is 0 Å². The molecule has 1 heteroatoms. The van der Waals surface area contributed by atoms with Crippen molar-refractivity contribution in [1.82, 2.24) is 0 Å². The third-order valence-electron chi connectivity index (χ3n) is 1.11. The molecule has 0 bridgehead atoms. The number of hydrogen-bond acceptors (Lipinski definition) is 0. The van der Waals surface area contributed by atoms with Crippen LogP contribution in [0.5, 0.6) is 0 Å². The Morgan fingerprint density at radius 2 is 0.364 bits per heavy atom. The van der Waals surface area contributed by atoms with Gasteiger partial charge in [0.2, 0.25) is 0 Å². The third kappa shape index (κ3) is 6.89. The second-order valence-electron chi connectivity index (χ2n) is 1.92. The van der Waals surface area contributed by atoms with E-state index in [1.807, 2.05) is 64.2 Å². The molecule has 0 saturated heterocycles. The Morgan fingerprint density at radius 1 is 0.273 bits per heavy atom. The van der Waals surface area contributed by atoms with E-state index in [4.69, 9.17) is 0 Å². The average molecular weight is 189 g/mol. The molecule has 57 valence electrons. The van der Waals surface area contributed by atoms with Crippen LogP contribution in [-0.4, -0.2) is 0 Å². The molecule has 0 spiro atoms. The fourth-order valence-corrected chi connectivity index (χ4v) is 0.642. The van der Waals surface area contributed by atoms with Crippen molar-refractivity contribution in [3.05, 3.63) is 64.2 Å². The van der Waals surface area contributed by atoms with Gasteiger partial charge in [-0.2, -0.15) is 0 Å². The normalized spacial score (nSPS) is 21.8. The standard InChI is InChI=1S/2C5H5.Co/c2*1-2-4-5-3-1;/h2*1-5H;/q;;+2. The summed E-state index contributed by atoms with van der Waals surface area (Å²) >= 11 is 0. The zero-order valence-corrected chi connectivity index (χ0v) is 7.15. The molecule has 0 heterocycles. The van der Waals surface area contributed by atoms with E-state index in [1.165, 1.54) is 0 Å². The van der Waals surface area contributed by atoms with E-state index in [1.54, 1.807) is 0 Å². The molecule has 2 aliphatic carbocycles. The maximum absolute atomic E-state index is 2.00. The van der Waals surface area contributed by atoms with Crippen LogP contribution in [-0.2, 0) is 16.8 Å². The first-order valence-electron chi connectivity index (χ1n) is 3.33. The minimum Gasteiger partial charge on any atom is -0.0312 e. The predicted molar refractivity (Wildman–Crippen MR) is 43.0 cm³/mol. The molecular weight excluding hydrogens is 179 g/mol. The molecule has 11 heavy (non-hydrogen) atoms. The van der Waals surface area contributed by atoms with Crippen molar-refractivity contribution in [3.63, 3.8) is 0 Å². The van der Waals surface area contributed by atoms with Gasteiger partial charge >= 0.3 is 16.8 Å². The Hall–Kier alpha value is 0.506. The molecule has 11 radical (unpaired) electrons. The Labute approximate surface area is 81.3 Å². The van der Waals surface area contributed by atoms with Gasteiger partial charge in [0, 0.05) is 0 Å². The topological polar surface area (TPSA) is 0 Å². The van der Waals surface area contributed by atoms with Gasteiger partial charge in [-0.1, -0.05) is 0 Å². The van der Waals surface area contributed by atoms with Gasteiger partial charge in [0.05, 0.1) is 0 Å². The minimum atomic E-state index is 0. The fourth-order valence-electron chi connectivity index (χ4n) is 0.642. The Kier molecular flexibility index (Phi) is 9.00. The smallest absolute Gasteiger partial charge is 0.0312 e. The number of hydrogen-bond donors (Lipinski definition) is 0. The molecule has 0 unspecified atom stereocenters. The van der Waals surface area contributed by atoms with Crippen LogP contribution in [0.4, 0.5) is 0 Å². The number of rotatable bonds is 0. The van der Waals surface area contributed by atoms with Gasteiger partial charge in [-0.15, -0.1) is 0 Å². The van der Waals surface area contributed by atoms with Crippen LogP contribution in [0.15, 0.2) is 0 Å². The molecule has 0 N–H and O–H groups in total. The van der Waals surface area contributed by atoms with Gasteiger partial charge in [0.25, 0.3) is 0 Å². The van der Waals surface area contributed by atoms with Crippen LogP contribution in [0, 0.1) is 64.2 Å². The Morgan fingerprint density at radius 3 is 0.455 bits per heavy atom. The van der Waals surface area contributed by atoms with Crippen molar-refractivity contribution in [2.45, 2.75) is 0 Å². The van der Waals surface area contributed by atoms with Gasteiger partial charge in [0.15, 0.2) is 0 Å². The van der Waals surface area contributed by atoms with E-state index >= 15 is 0 Å². The van der Waals surface area contributed by atoms with Crippen LogP contribution in [0.25, 0.3) is 0 Å². The first-order chi connectivity index (χ1) is 5.00. The summed E-state index contributed by atoms with van der Waals surface area (Å²) in [4.78, 5) is 0. The van der Waals surface area contributed by atoms with Crippen molar-refractivity contribution in [2.75, 3.05) is 0 Å². The van der Waals surface area contributed by atoms with Crippen LogP contribution >= 0.6 is 0 Å². The SMILES string of the molecule is [CH]1[CH][CH][CH][CH]1.[CH]1[CH][CH][CH][CH]1.[Co+2]. The van der Waals surface area contributed by atoms with E-state index in [2.05, 4.69) is 0 Å². The second kappa shape index (κ2) is 8.60. The molecule has 0 aromatic carbocycles. The van der Waals surface area contributed by atoms with E-state index in [9.17, 15) is 0 Å². The molecular formula is C10H10Co+2. The summed E-state index contributed by atoms with van der Waals surface area (Å²) in [6.45, 7) is 0. The first-order valence-corrected chi connectivity index (χ1v) is 3.33. The molecule has 0 aromatic heterocycles. The summed E-state index contributed by atoms with van der Waals surface area (Å²) in [6, 6.07) is 0. The zero-order chi connectivity index (χ0) is 7.07. The van der Waals surface area contributed by atoms with E-state index in [0.717, 1.165) is 0 Å². The molecule has 2 rings (SSSR count). The Balaban J connectivity index is 0.000000167. The molecule has 2 saturated carbocycles. The van der Waals surface area contributed by atoms with Crippen LogP contribution in [0.1, 0.15) is 0 Å². The average Bonchev–Trinajstić information content (AvgIpc) is 2.67. The van der Waals surface area contributed by atoms with Crippen LogP contribution < -0.4 is 0 Å². The van der Waals surface area contributed by atoms with Crippen molar-refractivity contribution in [3.8, 4) is 0 Å². The van der Waals surface area contributed by atoms with Crippen molar-refractivity contribution in [1.29, 1.82) is 0 Å². The summed E-state index contributed by atoms with van der Waals surface area (Å²) < 4.78 is 0. The van der Waals surface area contributed by atoms with E-state index < -0.39 is 0 Å². The van der Waals surface area contributed by atoms with Crippen molar-refractivity contribution in [2.24, 2.45) is 0 Å². The summed E-state index contributed by atoms with van der Waals surface area (Å²) in [5.41, 5.74) is 0. The quantitative estimate of drug-likeness (QED) is 0.547. The van der Waals surface area contributed by atoms with Crippen molar-refractivity contribution < 1.29 is 16.8 Å². The summed E-state index contributed by atoms with van der Waals surface area (Å²) in [5, 5.41) is 0. The van der Waals surface area contributed by atoms with E-state index in [-0.39, 0.29) is 16.8 Å². The Bertz CT molecular complexity index is 38.1. The summed E-state index contributed by atoms with van der Waals surface area (Å²) in [7, 11) is 0. The molecule has 0 aliphatic heterocycles. The maximum atomic E-state index is 2.00. The molecule has 0 aromatic rings. The largest absolute Gasteiger partial charge is 2.00 e. The molecule has 2 fully saturated rings. The predicted octanol–water partition coefficient (Wildman–Crippen LogP) is 2.04. The summed E-state index contributed by atoms with van der Waals surface area (Å²) in [5.74, 6) is 0. The molecule has 0 amide bonds. The van der Waals surface area contributed by atoms with Gasteiger partial charge in [-0.25, -0.2) is 0 Å². The fraction of sp³-hybridized carbons (Fsp3) is 0. The maximum Gasteiger partial charge on any atom is 2.00 e. The molecule has 2 aliphatic rings. The van der Waals surface area contributed by atoms with Crippen LogP contribution in [0.2, 0.25) is 0 Å². The van der Waals surface area contributed by atoms with Crippen molar-refractivity contribution >= 4 is 0 Å². The second-order valence-corrected chi connectivity index (χ2v) is 1.92.